The normalized spacial score (nSPS) is 45.0. The second-order valence-electron chi connectivity index (χ2n) is 3.21. The molecule has 0 aliphatic heterocycles. The highest BCUT2D eigenvalue weighted by atomic mass is 14.7. The van der Waals surface area contributed by atoms with E-state index in [9.17, 15) is 0 Å². The van der Waals surface area contributed by atoms with Crippen molar-refractivity contribution in [2.45, 2.75) is 38.3 Å². The standard InChI is InChI=1S/C7H16N2/c1-5-2-3-6(8)4-7(5)9/h5-7H,2-4,8-9H2,1H3/t5?,6-,7?/m1/s1. The summed E-state index contributed by atoms with van der Waals surface area (Å²) in [5.41, 5.74) is 11.5. The van der Waals surface area contributed by atoms with Gasteiger partial charge in [0.25, 0.3) is 0 Å². The van der Waals surface area contributed by atoms with Gasteiger partial charge in [-0.25, -0.2) is 0 Å². The molecule has 0 aromatic rings. The molecule has 0 bridgehead atoms. The van der Waals surface area contributed by atoms with E-state index in [-0.39, 0.29) is 0 Å². The average molecular weight is 128 g/mol. The van der Waals surface area contributed by atoms with E-state index in [4.69, 9.17) is 11.5 Å². The molecule has 1 rings (SSSR count). The van der Waals surface area contributed by atoms with Crippen LogP contribution in [0.4, 0.5) is 0 Å². The van der Waals surface area contributed by atoms with E-state index in [2.05, 4.69) is 6.92 Å². The zero-order valence-electron chi connectivity index (χ0n) is 6.01. The fourth-order valence-corrected chi connectivity index (χ4v) is 1.39. The Morgan fingerprint density at radius 2 is 1.89 bits per heavy atom. The fourth-order valence-electron chi connectivity index (χ4n) is 1.39. The van der Waals surface area contributed by atoms with E-state index < -0.39 is 0 Å². The lowest BCUT2D eigenvalue weighted by atomic mass is 9.84. The molecular formula is C7H16N2. The molecule has 3 atom stereocenters. The molecule has 0 radical (unpaired) electrons. The Kier molecular flexibility index (Phi) is 2.09. The predicted molar refractivity (Wildman–Crippen MR) is 39.0 cm³/mol. The predicted octanol–water partition coefficient (Wildman–Crippen LogP) is 0.461. The van der Waals surface area contributed by atoms with Gasteiger partial charge in [-0.3, -0.25) is 0 Å². The zero-order valence-corrected chi connectivity index (χ0v) is 6.01. The largest absolute Gasteiger partial charge is 0.328 e. The molecule has 0 heterocycles. The van der Waals surface area contributed by atoms with Gasteiger partial charge in [0.1, 0.15) is 0 Å². The van der Waals surface area contributed by atoms with Crippen LogP contribution in [0.2, 0.25) is 0 Å². The lowest BCUT2D eigenvalue weighted by Crippen LogP contribution is -2.40. The van der Waals surface area contributed by atoms with Gasteiger partial charge in [0.05, 0.1) is 0 Å². The molecule has 4 N–H and O–H groups in total. The highest BCUT2D eigenvalue weighted by Gasteiger charge is 2.21. The average Bonchev–Trinajstić information content (AvgIpc) is 1.80. The molecule has 2 unspecified atom stereocenters. The van der Waals surface area contributed by atoms with Crippen LogP contribution in [0.25, 0.3) is 0 Å². The Bertz CT molecular complexity index is 92.9. The molecule has 1 saturated carbocycles. The number of hydrogen-bond donors (Lipinski definition) is 2. The van der Waals surface area contributed by atoms with Gasteiger partial charge >= 0.3 is 0 Å². The van der Waals surface area contributed by atoms with Crippen LogP contribution in [0.15, 0.2) is 0 Å². The van der Waals surface area contributed by atoms with Crippen molar-refractivity contribution in [2.75, 3.05) is 0 Å². The first kappa shape index (κ1) is 7.03. The molecule has 54 valence electrons. The first-order chi connectivity index (χ1) is 4.20. The van der Waals surface area contributed by atoms with E-state index in [0.29, 0.717) is 18.0 Å². The van der Waals surface area contributed by atoms with Crippen molar-refractivity contribution >= 4 is 0 Å². The molecule has 1 fully saturated rings. The molecule has 9 heavy (non-hydrogen) atoms. The van der Waals surface area contributed by atoms with Gasteiger partial charge in [0.2, 0.25) is 0 Å². The summed E-state index contributed by atoms with van der Waals surface area (Å²) in [6.45, 7) is 2.20. The molecule has 1 aliphatic rings. The van der Waals surface area contributed by atoms with Crippen molar-refractivity contribution in [1.29, 1.82) is 0 Å². The lowest BCUT2D eigenvalue weighted by Gasteiger charge is -2.29. The zero-order chi connectivity index (χ0) is 6.85. The Morgan fingerprint density at radius 3 is 2.33 bits per heavy atom. The molecule has 0 saturated heterocycles. The Balaban J connectivity index is 2.35. The van der Waals surface area contributed by atoms with Crippen molar-refractivity contribution in [1.82, 2.24) is 0 Å². The number of nitrogens with two attached hydrogens (primary N) is 2. The van der Waals surface area contributed by atoms with E-state index in [1.54, 1.807) is 0 Å². The van der Waals surface area contributed by atoms with Crippen LogP contribution < -0.4 is 11.5 Å². The molecular weight excluding hydrogens is 112 g/mol. The van der Waals surface area contributed by atoms with Gasteiger partial charge in [-0.1, -0.05) is 6.92 Å². The minimum atomic E-state index is 0.355. The first-order valence-electron chi connectivity index (χ1n) is 3.71. The molecule has 0 amide bonds. The van der Waals surface area contributed by atoms with Gasteiger partial charge < -0.3 is 11.5 Å². The van der Waals surface area contributed by atoms with Crippen LogP contribution >= 0.6 is 0 Å². The van der Waals surface area contributed by atoms with Crippen molar-refractivity contribution < 1.29 is 0 Å². The maximum atomic E-state index is 5.79. The highest BCUT2D eigenvalue weighted by Crippen LogP contribution is 2.20. The molecule has 1 aliphatic carbocycles. The van der Waals surface area contributed by atoms with Crippen LogP contribution in [0, 0.1) is 5.92 Å². The fraction of sp³-hybridized carbons (Fsp3) is 1.00. The third-order valence-electron chi connectivity index (χ3n) is 2.30. The highest BCUT2D eigenvalue weighted by molar-refractivity contribution is 4.81. The van der Waals surface area contributed by atoms with Crippen molar-refractivity contribution in [2.24, 2.45) is 17.4 Å². The van der Waals surface area contributed by atoms with E-state index in [1.165, 1.54) is 6.42 Å². The summed E-state index contributed by atoms with van der Waals surface area (Å²) < 4.78 is 0. The third kappa shape index (κ3) is 1.66. The van der Waals surface area contributed by atoms with Crippen LogP contribution in [-0.4, -0.2) is 12.1 Å². The Hall–Kier alpha value is -0.0800. The second-order valence-corrected chi connectivity index (χ2v) is 3.21. The van der Waals surface area contributed by atoms with Gasteiger partial charge in [-0.05, 0) is 25.2 Å². The summed E-state index contributed by atoms with van der Waals surface area (Å²) in [5.74, 6) is 0.685. The number of hydrogen-bond acceptors (Lipinski definition) is 2. The van der Waals surface area contributed by atoms with E-state index in [1.807, 2.05) is 0 Å². The Morgan fingerprint density at radius 1 is 1.22 bits per heavy atom. The van der Waals surface area contributed by atoms with Crippen molar-refractivity contribution in [3.05, 3.63) is 0 Å². The minimum absolute atomic E-state index is 0.355. The molecule has 2 nitrogen and oxygen atoms in total. The quantitative estimate of drug-likeness (QED) is 0.498. The summed E-state index contributed by atoms with van der Waals surface area (Å²) in [5, 5.41) is 0. The second kappa shape index (κ2) is 2.67. The van der Waals surface area contributed by atoms with Crippen LogP contribution in [0.3, 0.4) is 0 Å². The smallest absolute Gasteiger partial charge is 0.00792 e. The summed E-state index contributed by atoms with van der Waals surface area (Å²) in [6.07, 6.45) is 3.39. The van der Waals surface area contributed by atoms with Crippen LogP contribution in [0.5, 0.6) is 0 Å². The Labute approximate surface area is 56.6 Å². The maximum Gasteiger partial charge on any atom is 0.00792 e. The van der Waals surface area contributed by atoms with E-state index in [0.717, 1.165) is 12.8 Å². The van der Waals surface area contributed by atoms with Crippen molar-refractivity contribution in [3.8, 4) is 0 Å². The van der Waals surface area contributed by atoms with Crippen LogP contribution in [-0.2, 0) is 0 Å². The van der Waals surface area contributed by atoms with E-state index >= 15 is 0 Å². The summed E-state index contributed by atoms with van der Waals surface area (Å²) in [6, 6.07) is 0.727. The van der Waals surface area contributed by atoms with Crippen molar-refractivity contribution in [3.63, 3.8) is 0 Å². The van der Waals surface area contributed by atoms with Crippen LogP contribution in [0.1, 0.15) is 26.2 Å². The third-order valence-corrected chi connectivity index (χ3v) is 2.30. The topological polar surface area (TPSA) is 52.0 Å². The number of rotatable bonds is 0. The molecule has 0 aromatic carbocycles. The first-order valence-corrected chi connectivity index (χ1v) is 3.71. The van der Waals surface area contributed by atoms with Gasteiger partial charge in [-0.2, -0.15) is 0 Å². The van der Waals surface area contributed by atoms with Gasteiger partial charge in [0.15, 0.2) is 0 Å². The lowest BCUT2D eigenvalue weighted by molar-refractivity contribution is 0.301. The summed E-state index contributed by atoms with van der Waals surface area (Å²) in [4.78, 5) is 0. The maximum absolute atomic E-state index is 5.79. The monoisotopic (exact) mass is 128 g/mol. The van der Waals surface area contributed by atoms with Gasteiger partial charge in [0, 0.05) is 12.1 Å². The van der Waals surface area contributed by atoms with Gasteiger partial charge in [-0.15, -0.1) is 0 Å². The molecule has 0 aromatic heterocycles. The summed E-state index contributed by atoms with van der Waals surface area (Å²) >= 11 is 0. The SMILES string of the molecule is CC1CC[C@@H](N)CC1N. The molecule has 0 spiro atoms. The summed E-state index contributed by atoms with van der Waals surface area (Å²) in [7, 11) is 0. The minimum Gasteiger partial charge on any atom is -0.328 e. The molecule has 2 heteroatoms.